The maximum atomic E-state index is 13.1. The van der Waals surface area contributed by atoms with E-state index < -0.39 is 10.0 Å². The van der Waals surface area contributed by atoms with Crippen molar-refractivity contribution >= 4 is 10.0 Å². The third-order valence-corrected chi connectivity index (χ3v) is 7.26. The van der Waals surface area contributed by atoms with Crippen LogP contribution < -0.4 is 0 Å². The first-order valence-corrected chi connectivity index (χ1v) is 10.9. The standard InChI is InChI=1S/C20H25N3O2S/c24-26(25,16-17-6-2-1-3-7-17)23-13-18-9-10-20(23)15-22(12-18)14-19-8-4-5-11-21-19/h1-8,11,18,20H,9-10,12-16H2/t18-,20+/m0/s1. The van der Waals surface area contributed by atoms with Crippen molar-refractivity contribution in [2.45, 2.75) is 31.2 Å². The van der Waals surface area contributed by atoms with Gasteiger partial charge in [-0.05, 0) is 36.5 Å². The molecule has 5 nitrogen and oxygen atoms in total. The summed E-state index contributed by atoms with van der Waals surface area (Å²) in [4.78, 5) is 6.80. The van der Waals surface area contributed by atoms with E-state index in [0.29, 0.717) is 12.5 Å². The van der Waals surface area contributed by atoms with Gasteiger partial charge in [0, 0.05) is 38.4 Å². The number of fused-ring (bicyclic) bond motifs is 4. The number of benzene rings is 1. The van der Waals surface area contributed by atoms with Crippen molar-refractivity contribution in [3.8, 4) is 0 Å². The number of sulfonamides is 1. The second-order valence-corrected chi connectivity index (χ2v) is 9.35. The minimum Gasteiger partial charge on any atom is -0.296 e. The largest absolute Gasteiger partial charge is 0.296 e. The molecule has 4 heterocycles. The van der Waals surface area contributed by atoms with Crippen molar-refractivity contribution in [3.63, 3.8) is 0 Å². The lowest BCUT2D eigenvalue weighted by molar-refractivity contribution is 0.225. The van der Waals surface area contributed by atoms with E-state index in [0.717, 1.165) is 43.7 Å². The lowest BCUT2D eigenvalue weighted by atomic mass is 9.97. The Balaban J connectivity index is 1.49. The van der Waals surface area contributed by atoms with Crippen LogP contribution >= 0.6 is 0 Å². The fraction of sp³-hybridized carbons (Fsp3) is 0.450. The molecular weight excluding hydrogens is 346 g/mol. The monoisotopic (exact) mass is 371 g/mol. The Bertz CT molecular complexity index is 827. The quantitative estimate of drug-likeness (QED) is 0.810. The second-order valence-electron chi connectivity index (χ2n) is 7.42. The maximum Gasteiger partial charge on any atom is 0.218 e. The summed E-state index contributed by atoms with van der Waals surface area (Å²) in [6, 6.07) is 15.5. The minimum absolute atomic E-state index is 0.0752. The molecule has 3 aliphatic heterocycles. The van der Waals surface area contributed by atoms with E-state index in [9.17, 15) is 8.42 Å². The lowest BCUT2D eigenvalue weighted by Crippen LogP contribution is -2.47. The van der Waals surface area contributed by atoms with E-state index in [1.807, 2.05) is 54.7 Å². The van der Waals surface area contributed by atoms with E-state index in [-0.39, 0.29) is 11.8 Å². The average molecular weight is 372 g/mol. The number of aromatic nitrogens is 1. The molecule has 0 aliphatic carbocycles. The molecule has 3 saturated heterocycles. The summed E-state index contributed by atoms with van der Waals surface area (Å²) in [5.41, 5.74) is 1.91. The van der Waals surface area contributed by atoms with Gasteiger partial charge in [0.05, 0.1) is 11.4 Å². The highest BCUT2D eigenvalue weighted by Gasteiger charge is 2.40. The molecule has 6 heteroatoms. The van der Waals surface area contributed by atoms with Crippen LogP contribution in [0.2, 0.25) is 0 Å². The molecule has 138 valence electrons. The Kier molecular flexibility index (Phi) is 5.07. The highest BCUT2D eigenvalue weighted by molar-refractivity contribution is 7.88. The van der Waals surface area contributed by atoms with E-state index >= 15 is 0 Å². The zero-order valence-corrected chi connectivity index (χ0v) is 15.7. The van der Waals surface area contributed by atoms with Gasteiger partial charge < -0.3 is 0 Å². The summed E-state index contributed by atoms with van der Waals surface area (Å²) in [7, 11) is -3.30. The Hall–Kier alpha value is -1.76. The molecular formula is C20H25N3O2S. The second kappa shape index (κ2) is 7.47. The minimum atomic E-state index is -3.30. The molecule has 0 N–H and O–H groups in total. The number of hydrogen-bond donors (Lipinski definition) is 0. The van der Waals surface area contributed by atoms with Gasteiger partial charge in [0.2, 0.25) is 10.0 Å². The first kappa shape index (κ1) is 17.6. The molecule has 0 unspecified atom stereocenters. The van der Waals surface area contributed by atoms with Gasteiger partial charge in [-0.3, -0.25) is 9.88 Å². The molecule has 1 aromatic heterocycles. The molecule has 2 aromatic rings. The predicted molar refractivity (Wildman–Crippen MR) is 102 cm³/mol. The molecule has 1 aromatic carbocycles. The molecule has 26 heavy (non-hydrogen) atoms. The predicted octanol–water partition coefficient (Wildman–Crippen LogP) is 2.51. The number of nitrogens with zero attached hydrogens (tertiary/aromatic N) is 3. The van der Waals surface area contributed by atoms with Gasteiger partial charge in [-0.15, -0.1) is 0 Å². The van der Waals surface area contributed by atoms with Gasteiger partial charge in [-0.25, -0.2) is 8.42 Å². The summed E-state index contributed by atoms with van der Waals surface area (Å²) in [5.74, 6) is 0.500. The summed E-state index contributed by atoms with van der Waals surface area (Å²) < 4.78 is 27.9. The van der Waals surface area contributed by atoms with Crippen molar-refractivity contribution in [2.24, 2.45) is 5.92 Å². The molecule has 2 atom stereocenters. The highest BCUT2D eigenvalue weighted by Crippen LogP contribution is 2.31. The zero-order chi connectivity index (χ0) is 18.0. The van der Waals surface area contributed by atoms with Crippen LogP contribution in [0.15, 0.2) is 54.7 Å². The van der Waals surface area contributed by atoms with Gasteiger partial charge in [0.25, 0.3) is 0 Å². The summed E-state index contributed by atoms with van der Waals surface area (Å²) in [5, 5.41) is 0. The third-order valence-electron chi connectivity index (χ3n) is 5.40. The Morgan fingerprint density at radius 3 is 2.54 bits per heavy atom. The smallest absolute Gasteiger partial charge is 0.218 e. The molecule has 0 spiro atoms. The Morgan fingerprint density at radius 1 is 0.962 bits per heavy atom. The molecule has 0 saturated carbocycles. The van der Waals surface area contributed by atoms with Crippen LogP contribution in [0.25, 0.3) is 0 Å². The first-order valence-electron chi connectivity index (χ1n) is 9.26. The number of piperidine rings is 1. The molecule has 3 fully saturated rings. The summed E-state index contributed by atoms with van der Waals surface area (Å²) >= 11 is 0. The topological polar surface area (TPSA) is 53.5 Å². The summed E-state index contributed by atoms with van der Waals surface area (Å²) in [6.45, 7) is 3.19. The van der Waals surface area contributed by atoms with Crippen molar-refractivity contribution in [1.29, 1.82) is 0 Å². The number of hydrogen-bond acceptors (Lipinski definition) is 4. The van der Waals surface area contributed by atoms with E-state index in [1.165, 1.54) is 0 Å². The van der Waals surface area contributed by atoms with E-state index in [2.05, 4.69) is 9.88 Å². The van der Waals surface area contributed by atoms with Crippen LogP contribution in [0.4, 0.5) is 0 Å². The Labute approximate surface area is 155 Å². The van der Waals surface area contributed by atoms with Crippen LogP contribution in [-0.4, -0.2) is 48.3 Å². The summed E-state index contributed by atoms with van der Waals surface area (Å²) in [6.07, 6.45) is 3.89. The molecule has 5 rings (SSSR count). The third kappa shape index (κ3) is 3.98. The molecule has 2 bridgehead atoms. The van der Waals surface area contributed by atoms with Crippen molar-refractivity contribution in [3.05, 3.63) is 66.0 Å². The van der Waals surface area contributed by atoms with Crippen molar-refractivity contribution in [1.82, 2.24) is 14.2 Å². The SMILES string of the molecule is O=S(=O)(Cc1ccccc1)N1C[C@H]2CC[C@@H]1CN(Cc1ccccn1)C2. The van der Waals surface area contributed by atoms with Crippen LogP contribution in [0.5, 0.6) is 0 Å². The highest BCUT2D eigenvalue weighted by atomic mass is 32.2. The normalized spacial score (nSPS) is 24.5. The number of rotatable bonds is 5. The van der Waals surface area contributed by atoms with Crippen LogP contribution in [0.1, 0.15) is 24.1 Å². The van der Waals surface area contributed by atoms with E-state index in [1.54, 1.807) is 4.31 Å². The first-order chi connectivity index (χ1) is 12.6. The average Bonchev–Trinajstić information content (AvgIpc) is 2.94. The molecule has 3 aliphatic rings. The fourth-order valence-electron chi connectivity index (χ4n) is 4.19. The van der Waals surface area contributed by atoms with Crippen LogP contribution in [0.3, 0.4) is 0 Å². The van der Waals surface area contributed by atoms with Gasteiger partial charge in [-0.2, -0.15) is 4.31 Å². The van der Waals surface area contributed by atoms with Crippen molar-refractivity contribution < 1.29 is 8.42 Å². The zero-order valence-electron chi connectivity index (χ0n) is 14.9. The van der Waals surface area contributed by atoms with Gasteiger partial charge in [0.15, 0.2) is 0 Å². The maximum absolute atomic E-state index is 13.1. The van der Waals surface area contributed by atoms with E-state index in [4.69, 9.17) is 0 Å². The number of pyridine rings is 1. The molecule has 0 amide bonds. The van der Waals surface area contributed by atoms with Gasteiger partial charge in [0.1, 0.15) is 0 Å². The lowest BCUT2D eigenvalue weighted by Gasteiger charge is -2.35. The molecule has 0 radical (unpaired) electrons. The van der Waals surface area contributed by atoms with Crippen molar-refractivity contribution in [2.75, 3.05) is 19.6 Å². The van der Waals surface area contributed by atoms with Gasteiger partial charge in [-0.1, -0.05) is 36.4 Å². The van der Waals surface area contributed by atoms with Gasteiger partial charge >= 0.3 is 0 Å². The van der Waals surface area contributed by atoms with Crippen LogP contribution in [-0.2, 0) is 22.3 Å². The Morgan fingerprint density at radius 2 is 1.77 bits per heavy atom. The fourth-order valence-corrected chi connectivity index (χ4v) is 6.04. The van der Waals surface area contributed by atoms with Crippen LogP contribution in [0, 0.1) is 5.92 Å².